The maximum Gasteiger partial charge on any atom is 0.339 e. The first-order chi connectivity index (χ1) is 11.9. The minimum atomic E-state index is -0.815. The van der Waals surface area contributed by atoms with Gasteiger partial charge in [-0.25, -0.2) is 4.79 Å². The van der Waals surface area contributed by atoms with Crippen LogP contribution in [-0.2, 0) is 16.0 Å². The van der Waals surface area contributed by atoms with Gasteiger partial charge >= 0.3 is 5.97 Å². The third kappa shape index (κ3) is 2.76. The normalized spacial score (nSPS) is 20.8. The van der Waals surface area contributed by atoms with Gasteiger partial charge in [0.1, 0.15) is 11.4 Å². The van der Waals surface area contributed by atoms with E-state index in [1.807, 2.05) is 50.2 Å². The molecular weight excluding hydrogens is 318 g/mol. The number of benzene rings is 2. The predicted molar refractivity (Wildman–Crippen MR) is 92.9 cm³/mol. The van der Waals surface area contributed by atoms with Crippen molar-refractivity contribution in [1.82, 2.24) is 0 Å². The molecule has 5 nitrogen and oxygen atoms in total. The second kappa shape index (κ2) is 5.62. The quantitative estimate of drug-likeness (QED) is 0.751. The number of cyclic esters (lactones) is 1. The molecular formula is C20H19NO4. The largest absolute Gasteiger partial charge is 0.484 e. The molecule has 0 saturated heterocycles. The molecule has 0 radical (unpaired) electrons. The molecule has 2 aromatic carbocycles. The zero-order valence-corrected chi connectivity index (χ0v) is 14.2. The Morgan fingerprint density at radius 1 is 1.12 bits per heavy atom. The third-order valence-electron chi connectivity index (χ3n) is 4.51. The van der Waals surface area contributed by atoms with Crippen LogP contribution in [0.2, 0.25) is 0 Å². The lowest BCUT2D eigenvalue weighted by Gasteiger charge is -2.41. The van der Waals surface area contributed by atoms with Crippen LogP contribution >= 0.6 is 0 Å². The van der Waals surface area contributed by atoms with Crippen molar-refractivity contribution >= 4 is 17.6 Å². The van der Waals surface area contributed by atoms with E-state index in [4.69, 9.17) is 9.47 Å². The van der Waals surface area contributed by atoms with E-state index in [1.165, 1.54) is 0 Å². The Morgan fingerprint density at radius 2 is 1.84 bits per heavy atom. The maximum absolute atomic E-state index is 13.2. The fourth-order valence-electron chi connectivity index (χ4n) is 3.40. The number of nitrogens with zero attached hydrogens (tertiary/aromatic N) is 1. The maximum atomic E-state index is 13.2. The minimum Gasteiger partial charge on any atom is -0.484 e. The Kier molecular flexibility index (Phi) is 3.53. The number of anilines is 1. The molecule has 0 spiro atoms. The second-order valence-corrected chi connectivity index (χ2v) is 7.01. The Morgan fingerprint density at radius 3 is 2.68 bits per heavy atom. The lowest BCUT2D eigenvalue weighted by atomic mass is 9.97. The summed E-state index contributed by atoms with van der Waals surface area (Å²) >= 11 is 0. The first kappa shape index (κ1) is 15.7. The van der Waals surface area contributed by atoms with E-state index in [2.05, 4.69) is 0 Å². The fourth-order valence-corrected chi connectivity index (χ4v) is 3.40. The summed E-state index contributed by atoms with van der Waals surface area (Å²) in [6.45, 7) is 4.27. The summed E-state index contributed by atoms with van der Waals surface area (Å²) in [7, 11) is 0. The number of rotatable bonds is 1. The summed E-state index contributed by atoms with van der Waals surface area (Å²) in [4.78, 5) is 27.1. The van der Waals surface area contributed by atoms with Crippen molar-refractivity contribution in [3.8, 4) is 5.75 Å². The number of carbonyl (C=O) groups excluding carboxylic acids is 2. The molecule has 0 aromatic heterocycles. The summed E-state index contributed by atoms with van der Waals surface area (Å²) in [6.07, 6.45) is -0.426. The van der Waals surface area contributed by atoms with Crippen molar-refractivity contribution in [2.24, 2.45) is 0 Å². The van der Waals surface area contributed by atoms with Crippen molar-refractivity contribution in [3.05, 3.63) is 59.7 Å². The number of ether oxygens (including phenoxy) is 2. The van der Waals surface area contributed by atoms with E-state index in [9.17, 15) is 9.59 Å². The molecule has 1 unspecified atom stereocenters. The lowest BCUT2D eigenvalue weighted by molar-refractivity contribution is -0.128. The number of carbonyl (C=O) groups is 2. The van der Waals surface area contributed by atoms with Gasteiger partial charge in [0.05, 0.1) is 17.8 Å². The highest BCUT2D eigenvalue weighted by atomic mass is 16.6. The van der Waals surface area contributed by atoms with Gasteiger partial charge in [0.25, 0.3) is 5.91 Å². The Bertz CT molecular complexity index is 858. The molecule has 2 aliphatic heterocycles. The smallest absolute Gasteiger partial charge is 0.339 e. The van der Waals surface area contributed by atoms with Gasteiger partial charge in [-0.3, -0.25) is 4.79 Å². The molecule has 128 valence electrons. The molecule has 2 aliphatic rings. The van der Waals surface area contributed by atoms with E-state index in [-0.39, 0.29) is 5.91 Å². The number of esters is 1. The van der Waals surface area contributed by atoms with Gasteiger partial charge in [0, 0.05) is 6.42 Å². The minimum absolute atomic E-state index is 0.216. The molecule has 1 amide bonds. The van der Waals surface area contributed by atoms with Gasteiger partial charge < -0.3 is 14.4 Å². The average molecular weight is 337 g/mol. The zero-order chi connectivity index (χ0) is 17.6. The Labute approximate surface area is 146 Å². The monoisotopic (exact) mass is 337 g/mol. The van der Waals surface area contributed by atoms with Crippen LogP contribution in [0.3, 0.4) is 0 Å². The molecule has 0 N–H and O–H groups in total. The molecule has 5 heteroatoms. The fraction of sp³-hybridized carbons (Fsp3) is 0.300. The van der Waals surface area contributed by atoms with Crippen LogP contribution < -0.4 is 9.64 Å². The molecule has 0 aliphatic carbocycles. The summed E-state index contributed by atoms with van der Waals surface area (Å²) in [6, 6.07) is 14.7. The van der Waals surface area contributed by atoms with Crippen LogP contribution in [-0.4, -0.2) is 30.1 Å². The van der Waals surface area contributed by atoms with Crippen molar-refractivity contribution in [3.63, 3.8) is 0 Å². The molecule has 25 heavy (non-hydrogen) atoms. The SMILES string of the molecule is CC1(C)CN(C(=O)C2Cc3ccccc3C(=O)O2)c2ccccc2O1. The summed E-state index contributed by atoms with van der Waals surface area (Å²) in [5.74, 6) is 0.00215. The number of amides is 1. The van der Waals surface area contributed by atoms with E-state index < -0.39 is 17.7 Å². The molecule has 4 rings (SSSR count). The van der Waals surface area contributed by atoms with E-state index in [1.54, 1.807) is 17.0 Å². The van der Waals surface area contributed by atoms with Crippen molar-refractivity contribution < 1.29 is 19.1 Å². The van der Waals surface area contributed by atoms with Crippen LogP contribution in [0.15, 0.2) is 48.5 Å². The Balaban J connectivity index is 1.67. The van der Waals surface area contributed by atoms with Crippen molar-refractivity contribution in [2.45, 2.75) is 32.0 Å². The van der Waals surface area contributed by atoms with Crippen molar-refractivity contribution in [2.75, 3.05) is 11.4 Å². The Hall–Kier alpha value is -2.82. The zero-order valence-electron chi connectivity index (χ0n) is 14.2. The summed E-state index contributed by atoms with van der Waals surface area (Å²) in [5, 5.41) is 0. The number of para-hydroxylation sites is 2. The first-order valence-corrected chi connectivity index (χ1v) is 8.33. The molecule has 2 aromatic rings. The molecule has 0 bridgehead atoms. The van der Waals surface area contributed by atoms with E-state index in [0.29, 0.717) is 30.0 Å². The number of hydrogen-bond acceptors (Lipinski definition) is 4. The van der Waals surface area contributed by atoms with Crippen LogP contribution in [0.1, 0.15) is 29.8 Å². The number of hydrogen-bond donors (Lipinski definition) is 0. The lowest BCUT2D eigenvalue weighted by Crippen LogP contribution is -2.53. The van der Waals surface area contributed by atoms with Gasteiger partial charge in [-0.1, -0.05) is 30.3 Å². The highest BCUT2D eigenvalue weighted by molar-refractivity contribution is 6.02. The van der Waals surface area contributed by atoms with Crippen LogP contribution in [0.4, 0.5) is 5.69 Å². The van der Waals surface area contributed by atoms with Crippen LogP contribution in [0.25, 0.3) is 0 Å². The predicted octanol–water partition coefficient (Wildman–Crippen LogP) is 2.97. The second-order valence-electron chi connectivity index (χ2n) is 7.01. The van der Waals surface area contributed by atoms with Crippen LogP contribution in [0, 0.1) is 0 Å². The van der Waals surface area contributed by atoms with Gasteiger partial charge in [-0.05, 0) is 37.6 Å². The van der Waals surface area contributed by atoms with Crippen molar-refractivity contribution in [1.29, 1.82) is 0 Å². The van der Waals surface area contributed by atoms with Gasteiger partial charge in [0.2, 0.25) is 0 Å². The van der Waals surface area contributed by atoms with Gasteiger partial charge in [0.15, 0.2) is 6.10 Å². The molecule has 0 fully saturated rings. The van der Waals surface area contributed by atoms with E-state index >= 15 is 0 Å². The topological polar surface area (TPSA) is 55.8 Å². The molecule has 1 atom stereocenters. The third-order valence-corrected chi connectivity index (χ3v) is 4.51. The molecule has 0 saturated carbocycles. The van der Waals surface area contributed by atoms with Gasteiger partial charge in [-0.15, -0.1) is 0 Å². The summed E-state index contributed by atoms with van der Waals surface area (Å²) in [5.41, 5.74) is 1.58. The first-order valence-electron chi connectivity index (χ1n) is 8.33. The highest BCUT2D eigenvalue weighted by Gasteiger charge is 2.40. The van der Waals surface area contributed by atoms with Crippen LogP contribution in [0.5, 0.6) is 5.75 Å². The average Bonchev–Trinajstić information content (AvgIpc) is 2.59. The number of fused-ring (bicyclic) bond motifs is 2. The highest BCUT2D eigenvalue weighted by Crippen LogP contribution is 2.37. The molecule has 2 heterocycles. The standard InChI is InChI=1S/C20H19NO4/c1-20(2)12-21(15-9-5-6-10-16(15)25-20)18(22)17-11-13-7-3-4-8-14(13)19(23)24-17/h3-10,17H,11-12H2,1-2H3. The van der Waals surface area contributed by atoms with E-state index in [0.717, 1.165) is 5.56 Å². The van der Waals surface area contributed by atoms with Gasteiger partial charge in [-0.2, -0.15) is 0 Å². The summed E-state index contributed by atoms with van der Waals surface area (Å²) < 4.78 is 11.4.